The van der Waals surface area contributed by atoms with Crippen LogP contribution in [0.2, 0.25) is 0 Å². The highest BCUT2D eigenvalue weighted by molar-refractivity contribution is 5.92. The molecule has 0 aliphatic heterocycles. The Bertz CT molecular complexity index is 2970. The van der Waals surface area contributed by atoms with Crippen LogP contribution in [0.15, 0.2) is 224 Å². The maximum Gasteiger partial charge on any atom is 0.0714 e. The minimum Gasteiger partial charge on any atom is -0.310 e. The number of hydrogen-bond acceptors (Lipinski definition) is 1. The van der Waals surface area contributed by atoms with Crippen molar-refractivity contribution in [3.63, 3.8) is 0 Å². The molecule has 0 unspecified atom stereocenters. The maximum atomic E-state index is 2.49. The van der Waals surface area contributed by atoms with Crippen molar-refractivity contribution in [3.8, 4) is 44.5 Å². The maximum absolute atomic E-state index is 2.49. The Morgan fingerprint density at radius 3 is 1.47 bits per heavy atom. The van der Waals surface area contributed by atoms with Gasteiger partial charge in [-0.1, -0.05) is 202 Å². The predicted molar refractivity (Wildman–Crippen MR) is 247 cm³/mol. The van der Waals surface area contributed by atoms with Gasteiger partial charge < -0.3 is 4.90 Å². The summed E-state index contributed by atoms with van der Waals surface area (Å²) in [6.45, 7) is 4.77. The number of rotatable bonds is 7. The van der Waals surface area contributed by atoms with Gasteiger partial charge in [-0.25, -0.2) is 0 Å². The van der Waals surface area contributed by atoms with Gasteiger partial charge in [0.15, 0.2) is 0 Å². The summed E-state index contributed by atoms with van der Waals surface area (Å²) in [7, 11) is 0. The molecular weight excluding hydrogens is 711 g/mol. The van der Waals surface area contributed by atoms with Crippen molar-refractivity contribution in [2.75, 3.05) is 4.90 Å². The van der Waals surface area contributed by atoms with Crippen LogP contribution in [0.3, 0.4) is 0 Å². The second-order valence-corrected chi connectivity index (χ2v) is 16.5. The van der Waals surface area contributed by atoms with Crippen LogP contribution in [0.25, 0.3) is 44.5 Å². The summed E-state index contributed by atoms with van der Waals surface area (Å²) in [5.41, 5.74) is 20.6. The van der Waals surface area contributed by atoms with Crippen LogP contribution in [0.1, 0.15) is 47.2 Å². The van der Waals surface area contributed by atoms with E-state index in [1.54, 1.807) is 0 Å². The molecule has 280 valence electrons. The lowest BCUT2D eigenvalue weighted by atomic mass is 9.67. The summed E-state index contributed by atoms with van der Waals surface area (Å²) in [6, 6.07) is 83.0. The predicted octanol–water partition coefficient (Wildman–Crippen LogP) is 15.2. The molecule has 0 heterocycles. The third kappa shape index (κ3) is 5.39. The van der Waals surface area contributed by atoms with E-state index in [4.69, 9.17) is 0 Å². The third-order valence-corrected chi connectivity index (χ3v) is 13.0. The molecule has 9 aromatic rings. The number of benzene rings is 9. The first-order chi connectivity index (χ1) is 29.0. The first-order valence-corrected chi connectivity index (χ1v) is 20.7. The van der Waals surface area contributed by atoms with E-state index in [1.165, 1.54) is 77.9 Å². The Labute approximate surface area is 347 Å². The first-order valence-electron chi connectivity index (χ1n) is 20.7. The molecule has 59 heavy (non-hydrogen) atoms. The van der Waals surface area contributed by atoms with Crippen molar-refractivity contribution in [1.29, 1.82) is 0 Å². The molecule has 0 radical (unpaired) electrons. The van der Waals surface area contributed by atoms with Crippen molar-refractivity contribution >= 4 is 17.1 Å². The van der Waals surface area contributed by atoms with E-state index in [-0.39, 0.29) is 5.41 Å². The average molecular weight is 754 g/mol. The van der Waals surface area contributed by atoms with Gasteiger partial charge in [-0.05, 0) is 109 Å². The fourth-order valence-corrected chi connectivity index (χ4v) is 10.2. The molecule has 1 heteroatoms. The fraction of sp³-hybridized carbons (Fsp3) is 0.0690. The molecule has 0 saturated carbocycles. The molecule has 0 atom stereocenters. The fourth-order valence-electron chi connectivity index (χ4n) is 10.2. The highest BCUT2D eigenvalue weighted by atomic mass is 15.1. The zero-order valence-electron chi connectivity index (χ0n) is 33.3. The lowest BCUT2D eigenvalue weighted by Gasteiger charge is -2.35. The average Bonchev–Trinajstić information content (AvgIpc) is 3.73. The summed E-state index contributed by atoms with van der Waals surface area (Å²) in [5.74, 6) is 0. The molecule has 0 aromatic heterocycles. The number of anilines is 3. The first kappa shape index (κ1) is 35.0. The zero-order chi connectivity index (χ0) is 39.6. The van der Waals surface area contributed by atoms with Crippen LogP contribution in [-0.4, -0.2) is 0 Å². The third-order valence-electron chi connectivity index (χ3n) is 13.0. The standard InChI is InChI=1S/C58H43N/c1-57(2)54-37-42(40-19-6-3-7-20-40)33-35-50(54)51-36-34-46(39-55(51)57)59(56-32-17-14-27-47(56)41-21-8-4-9-22-41)45-26-18-25-44(38-45)58(43-23-10-5-11-24-43)52-30-15-12-28-48(52)49-29-13-16-31-53(49)58/h3-39H,1-2H3. The summed E-state index contributed by atoms with van der Waals surface area (Å²) >= 11 is 0. The summed E-state index contributed by atoms with van der Waals surface area (Å²) in [4.78, 5) is 2.49. The van der Waals surface area contributed by atoms with Crippen LogP contribution in [0.4, 0.5) is 17.1 Å². The molecule has 0 fully saturated rings. The Hall–Kier alpha value is -7.22. The highest BCUT2D eigenvalue weighted by Gasteiger charge is 2.46. The Morgan fingerprint density at radius 2 is 0.797 bits per heavy atom. The van der Waals surface area contributed by atoms with Crippen LogP contribution in [-0.2, 0) is 10.8 Å². The van der Waals surface area contributed by atoms with E-state index in [0.717, 1.165) is 17.1 Å². The zero-order valence-corrected chi connectivity index (χ0v) is 33.3. The minimum atomic E-state index is -0.507. The normalized spacial score (nSPS) is 13.9. The summed E-state index contributed by atoms with van der Waals surface area (Å²) in [6.07, 6.45) is 0. The second kappa shape index (κ2) is 13.7. The van der Waals surface area contributed by atoms with Gasteiger partial charge in [0, 0.05) is 22.4 Å². The molecule has 0 amide bonds. The van der Waals surface area contributed by atoms with Crippen molar-refractivity contribution in [1.82, 2.24) is 0 Å². The van der Waals surface area contributed by atoms with Crippen LogP contribution in [0, 0.1) is 0 Å². The van der Waals surface area contributed by atoms with Crippen molar-refractivity contribution in [2.24, 2.45) is 0 Å². The Balaban J connectivity index is 1.14. The van der Waals surface area contributed by atoms with E-state index >= 15 is 0 Å². The summed E-state index contributed by atoms with van der Waals surface area (Å²) in [5, 5.41) is 0. The molecule has 9 aromatic carbocycles. The van der Waals surface area contributed by atoms with Crippen molar-refractivity contribution in [2.45, 2.75) is 24.7 Å². The molecule has 2 aliphatic rings. The van der Waals surface area contributed by atoms with Gasteiger partial charge >= 0.3 is 0 Å². The molecule has 0 N–H and O–H groups in total. The van der Waals surface area contributed by atoms with Gasteiger partial charge in [0.05, 0.1) is 11.1 Å². The van der Waals surface area contributed by atoms with Gasteiger partial charge in [-0.15, -0.1) is 0 Å². The number of nitrogens with zero attached hydrogens (tertiary/aromatic N) is 1. The van der Waals surface area contributed by atoms with Gasteiger partial charge in [0.1, 0.15) is 0 Å². The van der Waals surface area contributed by atoms with Crippen molar-refractivity contribution < 1.29 is 0 Å². The number of hydrogen-bond donors (Lipinski definition) is 0. The van der Waals surface area contributed by atoms with E-state index in [2.05, 4.69) is 243 Å². The lowest BCUT2D eigenvalue weighted by molar-refractivity contribution is 0.660. The molecule has 0 bridgehead atoms. The SMILES string of the molecule is CC1(C)c2cc(-c3ccccc3)ccc2-c2ccc(N(c3cccc(C4(c5ccccc5)c5ccccc5-c5ccccc54)c3)c3ccccc3-c3ccccc3)cc21. The largest absolute Gasteiger partial charge is 0.310 e. The molecule has 0 spiro atoms. The van der Waals surface area contributed by atoms with Gasteiger partial charge in [0.2, 0.25) is 0 Å². The molecular formula is C58H43N. The quantitative estimate of drug-likeness (QED) is 0.157. The minimum absolute atomic E-state index is 0.202. The van der Waals surface area contributed by atoms with Gasteiger partial charge in [0.25, 0.3) is 0 Å². The number of fused-ring (bicyclic) bond motifs is 6. The van der Waals surface area contributed by atoms with Gasteiger partial charge in [-0.2, -0.15) is 0 Å². The van der Waals surface area contributed by atoms with E-state index in [9.17, 15) is 0 Å². The topological polar surface area (TPSA) is 3.24 Å². The lowest BCUT2D eigenvalue weighted by Crippen LogP contribution is -2.28. The highest BCUT2D eigenvalue weighted by Crippen LogP contribution is 2.57. The molecule has 1 nitrogen and oxygen atoms in total. The Morgan fingerprint density at radius 1 is 0.305 bits per heavy atom. The second-order valence-electron chi connectivity index (χ2n) is 16.5. The van der Waals surface area contributed by atoms with E-state index in [1.807, 2.05) is 0 Å². The van der Waals surface area contributed by atoms with E-state index in [0.29, 0.717) is 0 Å². The monoisotopic (exact) mass is 753 g/mol. The number of para-hydroxylation sites is 1. The molecule has 0 saturated heterocycles. The smallest absolute Gasteiger partial charge is 0.0714 e. The van der Waals surface area contributed by atoms with Crippen LogP contribution < -0.4 is 4.90 Å². The van der Waals surface area contributed by atoms with Crippen molar-refractivity contribution in [3.05, 3.63) is 258 Å². The van der Waals surface area contributed by atoms with E-state index < -0.39 is 5.41 Å². The van der Waals surface area contributed by atoms with Crippen LogP contribution >= 0.6 is 0 Å². The molecule has 11 rings (SSSR count). The summed E-state index contributed by atoms with van der Waals surface area (Å²) < 4.78 is 0. The van der Waals surface area contributed by atoms with Gasteiger partial charge in [-0.3, -0.25) is 0 Å². The molecule has 2 aliphatic carbocycles. The van der Waals surface area contributed by atoms with Crippen LogP contribution in [0.5, 0.6) is 0 Å². The Kier molecular flexibility index (Phi) is 8.13.